The number of aliphatic hydroxyl groups is 1. The zero-order valence-electron chi connectivity index (χ0n) is 9.70. The zero-order chi connectivity index (χ0) is 11.8. The van der Waals surface area contributed by atoms with Crippen LogP contribution in [0.25, 0.3) is 0 Å². The SMILES string of the molecule is CCOc1ccc(CCNCCO)cc1N. The van der Waals surface area contributed by atoms with Gasteiger partial charge in [-0.3, -0.25) is 0 Å². The number of benzene rings is 1. The Balaban J connectivity index is 2.46. The zero-order valence-corrected chi connectivity index (χ0v) is 9.70. The van der Waals surface area contributed by atoms with Gasteiger partial charge >= 0.3 is 0 Å². The second kappa shape index (κ2) is 7.09. The Hall–Kier alpha value is -1.26. The molecule has 0 aliphatic heterocycles. The molecule has 0 amide bonds. The van der Waals surface area contributed by atoms with Crippen molar-refractivity contribution in [1.29, 1.82) is 0 Å². The molecule has 0 saturated heterocycles. The standard InChI is InChI=1S/C12H20N2O2/c1-2-16-12-4-3-10(9-11(12)13)5-6-14-7-8-15/h3-4,9,14-15H,2,5-8,13H2,1H3. The van der Waals surface area contributed by atoms with E-state index in [0.29, 0.717) is 18.8 Å². The molecule has 4 N–H and O–H groups in total. The van der Waals surface area contributed by atoms with Crippen LogP contribution in [0.4, 0.5) is 5.69 Å². The number of aliphatic hydroxyl groups excluding tert-OH is 1. The Morgan fingerprint density at radius 2 is 2.19 bits per heavy atom. The van der Waals surface area contributed by atoms with Gasteiger partial charge in [0, 0.05) is 6.54 Å². The fraction of sp³-hybridized carbons (Fsp3) is 0.500. The monoisotopic (exact) mass is 224 g/mol. The Morgan fingerprint density at radius 1 is 1.38 bits per heavy atom. The van der Waals surface area contributed by atoms with Crippen molar-refractivity contribution in [2.75, 3.05) is 32.0 Å². The van der Waals surface area contributed by atoms with Gasteiger partial charge in [-0.05, 0) is 37.6 Å². The fourth-order valence-electron chi connectivity index (χ4n) is 1.48. The summed E-state index contributed by atoms with van der Waals surface area (Å²) in [6, 6.07) is 5.85. The summed E-state index contributed by atoms with van der Waals surface area (Å²) in [6.07, 6.45) is 0.899. The molecular weight excluding hydrogens is 204 g/mol. The summed E-state index contributed by atoms with van der Waals surface area (Å²) in [5.41, 5.74) is 7.71. The molecule has 4 nitrogen and oxygen atoms in total. The van der Waals surface area contributed by atoms with E-state index in [4.69, 9.17) is 15.6 Å². The van der Waals surface area contributed by atoms with Gasteiger partial charge in [0.2, 0.25) is 0 Å². The molecule has 90 valence electrons. The molecule has 1 rings (SSSR count). The van der Waals surface area contributed by atoms with Gasteiger partial charge < -0.3 is 20.9 Å². The van der Waals surface area contributed by atoms with E-state index in [1.54, 1.807) is 0 Å². The molecule has 0 spiro atoms. The van der Waals surface area contributed by atoms with Crippen molar-refractivity contribution < 1.29 is 9.84 Å². The van der Waals surface area contributed by atoms with Crippen LogP contribution in [0.15, 0.2) is 18.2 Å². The molecule has 1 aromatic rings. The third kappa shape index (κ3) is 4.08. The van der Waals surface area contributed by atoms with Crippen molar-refractivity contribution in [3.8, 4) is 5.75 Å². The molecule has 0 atom stereocenters. The van der Waals surface area contributed by atoms with E-state index in [9.17, 15) is 0 Å². The molecule has 1 aromatic carbocycles. The minimum atomic E-state index is 0.172. The van der Waals surface area contributed by atoms with E-state index in [2.05, 4.69) is 5.32 Å². The Kier molecular flexibility index (Phi) is 5.67. The number of ether oxygens (including phenoxy) is 1. The summed E-state index contributed by atoms with van der Waals surface area (Å²) in [4.78, 5) is 0. The predicted molar refractivity (Wildman–Crippen MR) is 65.7 cm³/mol. The van der Waals surface area contributed by atoms with Crippen LogP contribution < -0.4 is 15.8 Å². The lowest BCUT2D eigenvalue weighted by molar-refractivity contribution is 0.293. The van der Waals surface area contributed by atoms with Gasteiger partial charge in [-0.2, -0.15) is 0 Å². The van der Waals surface area contributed by atoms with Crippen LogP contribution in [-0.4, -0.2) is 31.4 Å². The minimum absolute atomic E-state index is 0.172. The molecule has 0 bridgehead atoms. The molecule has 0 aliphatic rings. The van der Waals surface area contributed by atoms with E-state index in [1.807, 2.05) is 25.1 Å². The third-order valence-electron chi connectivity index (χ3n) is 2.25. The maximum absolute atomic E-state index is 8.60. The smallest absolute Gasteiger partial charge is 0.142 e. The Labute approximate surface area is 96.4 Å². The van der Waals surface area contributed by atoms with Gasteiger partial charge in [-0.15, -0.1) is 0 Å². The van der Waals surface area contributed by atoms with Gasteiger partial charge in [0.15, 0.2) is 0 Å². The molecule has 0 fully saturated rings. The van der Waals surface area contributed by atoms with Crippen LogP contribution in [0.1, 0.15) is 12.5 Å². The van der Waals surface area contributed by atoms with Crippen molar-refractivity contribution in [3.05, 3.63) is 23.8 Å². The first-order valence-electron chi connectivity index (χ1n) is 5.60. The Morgan fingerprint density at radius 3 is 2.81 bits per heavy atom. The lowest BCUT2D eigenvalue weighted by Gasteiger charge is -2.09. The number of rotatable bonds is 7. The number of nitrogens with one attached hydrogen (secondary N) is 1. The van der Waals surface area contributed by atoms with Crippen LogP contribution >= 0.6 is 0 Å². The molecule has 0 saturated carbocycles. The number of hydrogen-bond acceptors (Lipinski definition) is 4. The van der Waals surface area contributed by atoms with Gasteiger partial charge in [-0.25, -0.2) is 0 Å². The topological polar surface area (TPSA) is 67.5 Å². The highest BCUT2D eigenvalue weighted by atomic mass is 16.5. The molecule has 0 aromatic heterocycles. The van der Waals surface area contributed by atoms with Crippen molar-refractivity contribution >= 4 is 5.69 Å². The van der Waals surface area contributed by atoms with Crippen LogP contribution in [-0.2, 0) is 6.42 Å². The van der Waals surface area contributed by atoms with Gasteiger partial charge in [0.05, 0.1) is 18.9 Å². The summed E-state index contributed by atoms with van der Waals surface area (Å²) in [6.45, 7) is 4.21. The number of nitrogen functional groups attached to an aromatic ring is 1. The minimum Gasteiger partial charge on any atom is -0.492 e. The third-order valence-corrected chi connectivity index (χ3v) is 2.25. The molecule has 0 heterocycles. The number of anilines is 1. The van der Waals surface area contributed by atoms with Gasteiger partial charge in [-0.1, -0.05) is 6.07 Å². The summed E-state index contributed by atoms with van der Waals surface area (Å²) in [7, 11) is 0. The van der Waals surface area contributed by atoms with Crippen molar-refractivity contribution in [1.82, 2.24) is 5.32 Å². The predicted octanol–water partition coefficient (Wildman–Crippen LogP) is 0.792. The van der Waals surface area contributed by atoms with Crippen LogP contribution in [0.2, 0.25) is 0 Å². The highest BCUT2D eigenvalue weighted by Crippen LogP contribution is 2.22. The highest BCUT2D eigenvalue weighted by Gasteiger charge is 2.01. The normalized spacial score (nSPS) is 10.4. The van der Waals surface area contributed by atoms with E-state index in [-0.39, 0.29) is 6.61 Å². The fourth-order valence-corrected chi connectivity index (χ4v) is 1.48. The van der Waals surface area contributed by atoms with Crippen LogP contribution in [0.5, 0.6) is 5.75 Å². The van der Waals surface area contributed by atoms with E-state index < -0.39 is 0 Å². The summed E-state index contributed by atoms with van der Waals surface area (Å²) < 4.78 is 5.36. The highest BCUT2D eigenvalue weighted by molar-refractivity contribution is 5.54. The van der Waals surface area contributed by atoms with Crippen molar-refractivity contribution in [3.63, 3.8) is 0 Å². The van der Waals surface area contributed by atoms with Crippen LogP contribution in [0, 0.1) is 0 Å². The molecule has 16 heavy (non-hydrogen) atoms. The largest absolute Gasteiger partial charge is 0.492 e. The quantitative estimate of drug-likeness (QED) is 0.473. The van der Waals surface area contributed by atoms with Gasteiger partial charge in [0.25, 0.3) is 0 Å². The number of nitrogens with two attached hydrogens (primary N) is 1. The average molecular weight is 224 g/mol. The molecule has 0 aliphatic carbocycles. The molecule has 4 heteroatoms. The second-order valence-electron chi connectivity index (χ2n) is 3.53. The summed E-state index contributed by atoms with van der Waals surface area (Å²) in [5.74, 6) is 0.745. The Bertz CT molecular complexity index is 316. The lowest BCUT2D eigenvalue weighted by Crippen LogP contribution is -2.20. The molecule has 0 unspecified atom stereocenters. The van der Waals surface area contributed by atoms with Crippen LogP contribution in [0.3, 0.4) is 0 Å². The first-order valence-corrected chi connectivity index (χ1v) is 5.60. The molecule has 0 radical (unpaired) electrons. The van der Waals surface area contributed by atoms with Crippen molar-refractivity contribution in [2.24, 2.45) is 0 Å². The average Bonchev–Trinajstić information content (AvgIpc) is 2.28. The van der Waals surface area contributed by atoms with E-state index in [1.165, 1.54) is 5.56 Å². The maximum atomic E-state index is 8.60. The van der Waals surface area contributed by atoms with Crippen molar-refractivity contribution in [2.45, 2.75) is 13.3 Å². The first kappa shape index (κ1) is 12.8. The van der Waals surface area contributed by atoms with E-state index >= 15 is 0 Å². The van der Waals surface area contributed by atoms with E-state index in [0.717, 1.165) is 18.7 Å². The first-order chi connectivity index (χ1) is 7.77. The lowest BCUT2D eigenvalue weighted by atomic mass is 10.1. The molecular formula is C12H20N2O2. The van der Waals surface area contributed by atoms with Gasteiger partial charge in [0.1, 0.15) is 5.75 Å². The summed E-state index contributed by atoms with van der Waals surface area (Å²) in [5, 5.41) is 11.7. The summed E-state index contributed by atoms with van der Waals surface area (Å²) >= 11 is 0. The number of hydrogen-bond donors (Lipinski definition) is 3. The second-order valence-corrected chi connectivity index (χ2v) is 3.53. The maximum Gasteiger partial charge on any atom is 0.142 e.